The standard InChI is InChI=1S/C18H13ClF5N3O/c1-9-13-12(3-2-11-14(13)10(19)4-5-25-11)27(8-17(20,21)18(22,23)24)15(9)16-26-6-7-28-16/h2-7,15,25H,8H2,1H3. The lowest BCUT2D eigenvalue weighted by molar-refractivity contribution is -0.277. The van der Waals surface area contributed by atoms with Crippen LogP contribution < -0.4 is 20.7 Å². The molecule has 0 radical (unpaired) electrons. The van der Waals surface area contributed by atoms with Gasteiger partial charge in [0.15, 0.2) is 0 Å². The first-order chi connectivity index (χ1) is 13.1. The molecule has 2 aromatic rings. The number of fused-ring (bicyclic) bond motifs is 3. The molecule has 4 rings (SSSR count). The Morgan fingerprint density at radius 3 is 2.61 bits per heavy atom. The molecule has 1 aromatic heterocycles. The molecule has 0 bridgehead atoms. The second-order valence-electron chi connectivity index (χ2n) is 6.49. The summed E-state index contributed by atoms with van der Waals surface area (Å²) in [5, 5.41) is 4.37. The number of aromatic nitrogens is 1. The third-order valence-corrected chi connectivity index (χ3v) is 5.10. The summed E-state index contributed by atoms with van der Waals surface area (Å²) in [5.74, 6) is -4.91. The summed E-state index contributed by atoms with van der Waals surface area (Å²) < 4.78 is 71.9. The van der Waals surface area contributed by atoms with Crippen molar-refractivity contribution in [3.63, 3.8) is 0 Å². The number of alkyl halides is 5. The summed E-state index contributed by atoms with van der Waals surface area (Å²) in [6.45, 7) is 0.0652. The molecule has 4 nitrogen and oxygen atoms in total. The van der Waals surface area contributed by atoms with E-state index in [9.17, 15) is 22.0 Å². The molecule has 1 atom stereocenters. The maximum Gasteiger partial charge on any atom is 0.455 e. The van der Waals surface area contributed by atoms with Gasteiger partial charge in [-0.05, 0) is 30.7 Å². The molecule has 0 spiro atoms. The van der Waals surface area contributed by atoms with Gasteiger partial charge >= 0.3 is 12.1 Å². The van der Waals surface area contributed by atoms with E-state index in [1.807, 2.05) is 0 Å². The van der Waals surface area contributed by atoms with Gasteiger partial charge in [-0.1, -0.05) is 11.6 Å². The first kappa shape index (κ1) is 18.8. The predicted molar refractivity (Wildman–Crippen MR) is 94.4 cm³/mol. The molecule has 2 aliphatic rings. The summed E-state index contributed by atoms with van der Waals surface area (Å²) in [4.78, 5) is 4.95. The molecule has 3 heterocycles. The van der Waals surface area contributed by atoms with Gasteiger partial charge in [0.25, 0.3) is 0 Å². The van der Waals surface area contributed by atoms with E-state index in [2.05, 4.69) is 10.3 Å². The van der Waals surface area contributed by atoms with Crippen LogP contribution in [0.2, 0.25) is 0 Å². The minimum Gasteiger partial charge on any atom is -0.446 e. The van der Waals surface area contributed by atoms with Gasteiger partial charge in [-0.2, -0.15) is 22.0 Å². The summed E-state index contributed by atoms with van der Waals surface area (Å²) in [5.41, 5.74) is 1.35. The molecule has 0 saturated heterocycles. The van der Waals surface area contributed by atoms with Crippen molar-refractivity contribution in [2.24, 2.45) is 0 Å². The van der Waals surface area contributed by atoms with Crippen molar-refractivity contribution in [3.05, 3.63) is 53.2 Å². The number of allylic oxidation sites excluding steroid dienone is 1. The van der Waals surface area contributed by atoms with Crippen LogP contribution in [0.1, 0.15) is 18.9 Å². The van der Waals surface area contributed by atoms with Crippen LogP contribution in [0.4, 0.5) is 33.3 Å². The topological polar surface area (TPSA) is 41.3 Å². The highest BCUT2D eigenvalue weighted by molar-refractivity contribution is 6.47. The van der Waals surface area contributed by atoms with Crippen molar-refractivity contribution in [2.45, 2.75) is 25.1 Å². The Bertz CT molecular complexity index is 1080. The number of oxazole rings is 1. The first-order valence-corrected chi connectivity index (χ1v) is 8.57. The molecule has 10 heteroatoms. The molecule has 1 N–H and O–H groups in total. The monoisotopic (exact) mass is 417 g/mol. The molecule has 2 aliphatic heterocycles. The Hall–Kier alpha value is -2.55. The molecule has 148 valence electrons. The number of halogens is 6. The quantitative estimate of drug-likeness (QED) is 0.769. The third kappa shape index (κ3) is 2.76. The zero-order valence-electron chi connectivity index (χ0n) is 14.3. The first-order valence-electron chi connectivity index (χ1n) is 8.19. The predicted octanol–water partition coefficient (Wildman–Crippen LogP) is 3.89. The van der Waals surface area contributed by atoms with E-state index in [1.165, 1.54) is 18.5 Å². The van der Waals surface area contributed by atoms with Crippen molar-refractivity contribution in [3.8, 4) is 0 Å². The zero-order chi connectivity index (χ0) is 20.3. The molecule has 0 saturated carbocycles. The van der Waals surface area contributed by atoms with Crippen molar-refractivity contribution >= 4 is 33.6 Å². The SMILES string of the molecule is CC1=c2c(ccc3c2=C(Cl)C=CN3)N(CC(F)(F)C(F)(F)F)C1c1ncco1. The lowest BCUT2D eigenvalue weighted by Gasteiger charge is -2.32. The molecule has 0 fully saturated rings. The third-order valence-electron chi connectivity index (χ3n) is 4.79. The normalized spacial score (nSPS) is 19.0. The fourth-order valence-corrected chi connectivity index (χ4v) is 3.82. The number of nitrogens with zero attached hydrogens (tertiary/aromatic N) is 2. The highest BCUT2D eigenvalue weighted by Gasteiger charge is 2.59. The van der Waals surface area contributed by atoms with Crippen molar-refractivity contribution in [2.75, 3.05) is 16.8 Å². The van der Waals surface area contributed by atoms with Crippen LogP contribution in [0, 0.1) is 0 Å². The van der Waals surface area contributed by atoms with Gasteiger partial charge in [-0.3, -0.25) is 0 Å². The van der Waals surface area contributed by atoms with Gasteiger partial charge in [0.1, 0.15) is 12.3 Å². The average Bonchev–Trinajstić information content (AvgIpc) is 3.21. The van der Waals surface area contributed by atoms with Crippen LogP contribution in [-0.2, 0) is 0 Å². The second-order valence-corrected chi connectivity index (χ2v) is 6.90. The average molecular weight is 418 g/mol. The number of anilines is 2. The van der Waals surface area contributed by atoms with E-state index in [-0.39, 0.29) is 11.6 Å². The van der Waals surface area contributed by atoms with Crippen LogP contribution in [0.25, 0.3) is 10.6 Å². The minimum atomic E-state index is -5.69. The largest absolute Gasteiger partial charge is 0.455 e. The fourth-order valence-electron chi connectivity index (χ4n) is 3.56. The maximum absolute atomic E-state index is 14.0. The summed E-state index contributed by atoms with van der Waals surface area (Å²) >= 11 is 6.31. The number of rotatable bonds is 3. The zero-order valence-corrected chi connectivity index (χ0v) is 15.1. The van der Waals surface area contributed by atoms with Gasteiger partial charge < -0.3 is 14.6 Å². The lowest BCUT2D eigenvalue weighted by Crippen LogP contribution is -2.48. The molecule has 1 unspecified atom stereocenters. The highest BCUT2D eigenvalue weighted by Crippen LogP contribution is 2.42. The summed E-state index contributed by atoms with van der Waals surface area (Å²) in [6, 6.07) is 2.06. The van der Waals surface area contributed by atoms with Crippen LogP contribution in [-0.4, -0.2) is 23.6 Å². The molecular weight excluding hydrogens is 405 g/mol. The number of hydrogen-bond acceptors (Lipinski definition) is 4. The van der Waals surface area contributed by atoms with Gasteiger partial charge in [-0.15, -0.1) is 0 Å². The van der Waals surface area contributed by atoms with Gasteiger partial charge in [0.2, 0.25) is 5.89 Å². The van der Waals surface area contributed by atoms with E-state index in [4.69, 9.17) is 16.0 Å². The Kier molecular flexibility index (Phi) is 4.18. The van der Waals surface area contributed by atoms with Crippen molar-refractivity contribution in [1.82, 2.24) is 4.98 Å². The summed E-state index contributed by atoms with van der Waals surface area (Å²) in [6.07, 6.45) is 0.0647. The van der Waals surface area contributed by atoms with E-state index >= 15 is 0 Å². The minimum absolute atomic E-state index is 0.0239. The highest BCUT2D eigenvalue weighted by atomic mass is 35.5. The molecule has 0 aliphatic carbocycles. The molecule has 28 heavy (non-hydrogen) atoms. The van der Waals surface area contributed by atoms with E-state index in [1.54, 1.807) is 25.3 Å². The van der Waals surface area contributed by atoms with Crippen LogP contribution in [0.3, 0.4) is 0 Å². The van der Waals surface area contributed by atoms with E-state index in [0.29, 0.717) is 26.7 Å². The Morgan fingerprint density at radius 2 is 1.96 bits per heavy atom. The molecule has 0 amide bonds. The smallest absolute Gasteiger partial charge is 0.446 e. The van der Waals surface area contributed by atoms with Gasteiger partial charge in [-0.25, -0.2) is 4.98 Å². The number of nitrogens with one attached hydrogen (secondary N) is 1. The van der Waals surface area contributed by atoms with E-state index < -0.39 is 24.7 Å². The lowest BCUT2D eigenvalue weighted by atomic mass is 10.1. The number of benzene rings is 1. The molecular formula is C18H13ClF5N3O. The fraction of sp³-hybridized carbons (Fsp3) is 0.278. The number of hydrogen-bond donors (Lipinski definition) is 1. The van der Waals surface area contributed by atoms with Crippen molar-refractivity contribution in [1.29, 1.82) is 0 Å². The maximum atomic E-state index is 14.0. The van der Waals surface area contributed by atoms with Crippen LogP contribution in [0.5, 0.6) is 0 Å². The molecule has 1 aromatic carbocycles. The van der Waals surface area contributed by atoms with E-state index in [0.717, 1.165) is 4.90 Å². The Balaban J connectivity index is 1.97. The Labute approximate surface area is 160 Å². The van der Waals surface area contributed by atoms with Crippen LogP contribution >= 0.6 is 11.6 Å². The van der Waals surface area contributed by atoms with Crippen molar-refractivity contribution < 1.29 is 26.4 Å². The summed E-state index contributed by atoms with van der Waals surface area (Å²) in [7, 11) is 0. The van der Waals surface area contributed by atoms with Gasteiger partial charge in [0, 0.05) is 28.0 Å². The second kappa shape index (κ2) is 6.23. The van der Waals surface area contributed by atoms with Crippen LogP contribution in [0.15, 0.2) is 41.3 Å². The Morgan fingerprint density at radius 1 is 1.21 bits per heavy atom. The van der Waals surface area contributed by atoms with Gasteiger partial charge in [0.05, 0.1) is 17.8 Å².